The van der Waals surface area contributed by atoms with E-state index in [4.69, 9.17) is 0 Å². The highest BCUT2D eigenvalue weighted by Gasteiger charge is 2.36. The van der Waals surface area contributed by atoms with E-state index < -0.39 is 0 Å². The summed E-state index contributed by atoms with van der Waals surface area (Å²) in [6, 6.07) is 84.6. The smallest absolute Gasteiger partial charge is 0.0626 e. The summed E-state index contributed by atoms with van der Waals surface area (Å²) in [5.74, 6) is 0. The lowest BCUT2D eigenvalue weighted by Crippen LogP contribution is -2.16. The maximum atomic E-state index is 2.53. The molecular weight excluding hydrogens is 761 g/mol. The largest absolute Gasteiger partial charge is 0.310 e. The van der Waals surface area contributed by atoms with Crippen molar-refractivity contribution in [1.82, 2.24) is 4.40 Å². The molecule has 2 heteroatoms. The summed E-state index contributed by atoms with van der Waals surface area (Å²) in [6.07, 6.45) is 0. The van der Waals surface area contributed by atoms with Gasteiger partial charge in [-0.3, -0.25) is 0 Å². The number of hydrogen-bond donors (Lipinski definition) is 0. The van der Waals surface area contributed by atoms with Crippen LogP contribution in [0, 0.1) is 0 Å². The molecule has 1 aliphatic carbocycles. The van der Waals surface area contributed by atoms with Crippen molar-refractivity contribution in [2.75, 3.05) is 4.90 Å². The molecule has 12 rings (SSSR count). The van der Waals surface area contributed by atoms with Gasteiger partial charge in [-0.2, -0.15) is 0 Å². The van der Waals surface area contributed by atoms with Gasteiger partial charge >= 0.3 is 0 Å². The summed E-state index contributed by atoms with van der Waals surface area (Å²) in [5, 5.41) is 3.73. The van der Waals surface area contributed by atoms with E-state index in [1.54, 1.807) is 0 Å². The molecule has 0 atom stereocenters. The first-order valence-electron chi connectivity index (χ1n) is 21.9. The van der Waals surface area contributed by atoms with E-state index in [0.717, 1.165) is 17.1 Å². The third kappa shape index (κ3) is 5.86. The van der Waals surface area contributed by atoms with Crippen LogP contribution in [0.3, 0.4) is 0 Å². The van der Waals surface area contributed by atoms with Gasteiger partial charge in [0.05, 0.1) is 16.7 Å². The molecule has 0 radical (unpaired) electrons. The van der Waals surface area contributed by atoms with E-state index in [9.17, 15) is 0 Å². The lowest BCUT2D eigenvalue weighted by atomic mass is 9.82. The average molecular weight is 805 g/mol. The van der Waals surface area contributed by atoms with Crippen molar-refractivity contribution in [3.8, 4) is 55.8 Å². The van der Waals surface area contributed by atoms with Crippen LogP contribution in [0.4, 0.5) is 17.1 Å². The second-order valence-corrected chi connectivity index (χ2v) is 17.3. The Morgan fingerprint density at radius 1 is 0.349 bits per heavy atom. The van der Waals surface area contributed by atoms with E-state index in [1.165, 1.54) is 94.1 Å². The number of nitrogens with zero attached hydrogens (tertiary/aromatic N) is 2. The van der Waals surface area contributed by atoms with Gasteiger partial charge in [-0.1, -0.05) is 202 Å². The topological polar surface area (TPSA) is 7.65 Å². The van der Waals surface area contributed by atoms with Crippen LogP contribution in [0.1, 0.15) is 25.0 Å². The quantitative estimate of drug-likeness (QED) is 0.146. The molecule has 11 aromatic rings. The van der Waals surface area contributed by atoms with Gasteiger partial charge in [0, 0.05) is 44.4 Å². The fourth-order valence-electron chi connectivity index (χ4n) is 10.4. The Hall–Kier alpha value is -7.94. The maximum absolute atomic E-state index is 2.53. The van der Waals surface area contributed by atoms with E-state index in [1.807, 2.05) is 0 Å². The van der Waals surface area contributed by atoms with Crippen LogP contribution in [0.5, 0.6) is 0 Å². The zero-order chi connectivity index (χ0) is 42.1. The predicted octanol–water partition coefficient (Wildman–Crippen LogP) is 16.7. The van der Waals surface area contributed by atoms with Crippen LogP contribution in [0.25, 0.3) is 83.0 Å². The van der Waals surface area contributed by atoms with Crippen LogP contribution in [-0.2, 0) is 5.41 Å². The molecule has 0 saturated heterocycles. The Kier molecular flexibility index (Phi) is 8.55. The molecule has 0 saturated carbocycles. The third-order valence-electron chi connectivity index (χ3n) is 13.4. The van der Waals surface area contributed by atoms with E-state index in [0.29, 0.717) is 0 Å². The molecule has 2 heterocycles. The molecule has 63 heavy (non-hydrogen) atoms. The molecule has 298 valence electrons. The minimum Gasteiger partial charge on any atom is -0.310 e. The molecule has 0 amide bonds. The van der Waals surface area contributed by atoms with Crippen LogP contribution in [-0.4, -0.2) is 4.40 Å². The predicted molar refractivity (Wildman–Crippen MR) is 266 cm³/mol. The van der Waals surface area contributed by atoms with Crippen molar-refractivity contribution in [1.29, 1.82) is 0 Å². The Balaban J connectivity index is 1.09. The zero-order valence-electron chi connectivity index (χ0n) is 35.3. The van der Waals surface area contributed by atoms with Crippen LogP contribution in [0.15, 0.2) is 231 Å². The summed E-state index contributed by atoms with van der Waals surface area (Å²) in [7, 11) is 0. The minimum absolute atomic E-state index is 0.123. The van der Waals surface area contributed by atoms with Gasteiger partial charge < -0.3 is 9.30 Å². The van der Waals surface area contributed by atoms with Gasteiger partial charge in [0.15, 0.2) is 0 Å². The fraction of sp³-hybridized carbons (Fsp3) is 0.0492. The van der Waals surface area contributed by atoms with Crippen molar-refractivity contribution in [3.05, 3.63) is 242 Å². The Bertz CT molecular complexity index is 3370. The Morgan fingerprint density at radius 2 is 0.825 bits per heavy atom. The van der Waals surface area contributed by atoms with Crippen molar-refractivity contribution >= 4 is 44.3 Å². The van der Waals surface area contributed by atoms with Crippen molar-refractivity contribution in [2.45, 2.75) is 19.3 Å². The first kappa shape index (κ1) is 36.9. The number of hydrogen-bond acceptors (Lipinski definition) is 1. The molecular formula is C61H44N2. The first-order valence-corrected chi connectivity index (χ1v) is 21.9. The highest BCUT2D eigenvalue weighted by atomic mass is 15.1. The molecule has 0 unspecified atom stereocenters. The number of aromatic nitrogens is 1. The van der Waals surface area contributed by atoms with Gasteiger partial charge in [0.2, 0.25) is 0 Å². The number of anilines is 3. The van der Waals surface area contributed by atoms with E-state index in [2.05, 4.69) is 254 Å². The second kappa shape index (κ2) is 14.6. The number of fused-ring (bicyclic) bond motifs is 9. The van der Waals surface area contributed by atoms with Gasteiger partial charge in [0.25, 0.3) is 0 Å². The van der Waals surface area contributed by atoms with Gasteiger partial charge in [-0.05, 0) is 97.9 Å². The van der Waals surface area contributed by atoms with Gasteiger partial charge in [-0.25, -0.2) is 0 Å². The molecule has 9 aromatic carbocycles. The van der Waals surface area contributed by atoms with E-state index >= 15 is 0 Å². The molecule has 0 bridgehead atoms. The number of pyridine rings is 1. The average Bonchev–Trinajstić information content (AvgIpc) is 3.83. The van der Waals surface area contributed by atoms with Crippen LogP contribution >= 0.6 is 0 Å². The van der Waals surface area contributed by atoms with E-state index in [-0.39, 0.29) is 5.41 Å². The molecule has 0 fully saturated rings. The normalized spacial score (nSPS) is 12.7. The maximum Gasteiger partial charge on any atom is 0.0626 e. The molecule has 2 nitrogen and oxygen atoms in total. The SMILES string of the molecule is CC1(C)c2ccccc2-c2ccc(N(c3ccc(-c4ccccc4)cc3)c3ccc(-c4c(-c5ccccc5)c5c6ccccc6c6ccccc6n5c4-c4ccccc4)cc3)cc21. The number of rotatable bonds is 7. The second-order valence-electron chi connectivity index (χ2n) is 17.3. The van der Waals surface area contributed by atoms with Crippen molar-refractivity contribution < 1.29 is 0 Å². The number of benzene rings is 9. The lowest BCUT2D eigenvalue weighted by molar-refractivity contribution is 0.660. The van der Waals surface area contributed by atoms with Gasteiger partial charge in [-0.15, -0.1) is 0 Å². The Morgan fingerprint density at radius 3 is 1.51 bits per heavy atom. The molecule has 0 aliphatic heterocycles. The van der Waals surface area contributed by atoms with Crippen LogP contribution in [0.2, 0.25) is 0 Å². The summed E-state index contributed by atoms with van der Waals surface area (Å²) in [4.78, 5) is 2.42. The highest BCUT2D eigenvalue weighted by molar-refractivity contribution is 6.20. The molecule has 0 N–H and O–H groups in total. The monoisotopic (exact) mass is 804 g/mol. The van der Waals surface area contributed by atoms with Gasteiger partial charge in [0.1, 0.15) is 0 Å². The minimum atomic E-state index is -0.123. The third-order valence-corrected chi connectivity index (χ3v) is 13.4. The molecule has 0 spiro atoms. The van der Waals surface area contributed by atoms with Crippen molar-refractivity contribution in [3.63, 3.8) is 0 Å². The Labute approximate surface area is 368 Å². The number of para-hydroxylation sites is 1. The molecule has 1 aliphatic rings. The zero-order valence-corrected chi connectivity index (χ0v) is 35.3. The summed E-state index contributed by atoms with van der Waals surface area (Å²) < 4.78 is 2.53. The standard InChI is InChI=1S/C61H44N2/c1-61(2)54-28-16-14-25-50(54)51-39-38-48(40-55(51)61)62(46-34-30-42(31-35-46)41-18-6-3-7-19-41)47-36-32-44(33-37-47)57-58(43-20-8-4-9-21-43)60-53-27-13-12-24-49(53)52-26-15-17-29-56(52)63(60)59(57)45-22-10-5-11-23-45/h3-40H,1-2H3. The first-order chi connectivity index (χ1) is 31.0. The highest BCUT2D eigenvalue weighted by Crippen LogP contribution is 2.52. The molecule has 2 aromatic heterocycles. The summed E-state index contributed by atoms with van der Waals surface area (Å²) >= 11 is 0. The summed E-state index contributed by atoms with van der Waals surface area (Å²) in [5.41, 5.74) is 20.6. The lowest BCUT2D eigenvalue weighted by Gasteiger charge is -2.28. The summed E-state index contributed by atoms with van der Waals surface area (Å²) in [6.45, 7) is 4.72. The fourth-order valence-corrected chi connectivity index (χ4v) is 10.4. The van der Waals surface area contributed by atoms with Crippen LogP contribution < -0.4 is 4.90 Å². The van der Waals surface area contributed by atoms with Crippen molar-refractivity contribution in [2.24, 2.45) is 0 Å².